The number of aromatic hydroxyl groups is 1. The molecule has 2 aromatic rings. The summed E-state index contributed by atoms with van der Waals surface area (Å²) in [7, 11) is -4.38. The molecule has 0 fully saturated rings. The minimum Gasteiger partial charge on any atom is -0.508 e. The van der Waals surface area contributed by atoms with Crippen molar-refractivity contribution in [3.05, 3.63) is 41.0 Å². The van der Waals surface area contributed by atoms with Gasteiger partial charge in [-0.25, -0.2) is 0 Å². The molecule has 0 aliphatic heterocycles. The molecule has 0 heterocycles. The topological polar surface area (TPSA) is 125 Å². The largest absolute Gasteiger partial charge is 0.508 e. The summed E-state index contributed by atoms with van der Waals surface area (Å²) in [6.45, 7) is 7.42. The Morgan fingerprint density at radius 3 is 2.23 bits per heavy atom. The predicted molar refractivity (Wildman–Crippen MR) is 101 cm³/mol. The van der Waals surface area contributed by atoms with Crippen LogP contribution in [0.1, 0.15) is 30.5 Å². The van der Waals surface area contributed by atoms with Crippen molar-refractivity contribution in [1.82, 2.24) is 0 Å². The Bertz CT molecular complexity index is 967. The van der Waals surface area contributed by atoms with Crippen molar-refractivity contribution in [2.45, 2.75) is 39.0 Å². The van der Waals surface area contributed by atoms with Gasteiger partial charge in [-0.2, -0.15) is 13.5 Å². The molecule has 0 aliphatic carbocycles. The summed E-state index contributed by atoms with van der Waals surface area (Å²) in [6, 6.07) is 5.98. The van der Waals surface area contributed by atoms with Crippen LogP contribution in [-0.4, -0.2) is 18.1 Å². The van der Waals surface area contributed by atoms with Crippen molar-refractivity contribution >= 4 is 27.2 Å². The summed E-state index contributed by atoms with van der Waals surface area (Å²) in [5.41, 5.74) is 8.61. The highest BCUT2D eigenvalue weighted by atomic mass is 32.2. The third-order valence-corrected chi connectivity index (χ3v) is 4.83. The van der Waals surface area contributed by atoms with E-state index in [9.17, 15) is 18.1 Å². The van der Waals surface area contributed by atoms with Crippen LogP contribution in [0.5, 0.6) is 5.75 Å². The van der Waals surface area contributed by atoms with Gasteiger partial charge in [0.2, 0.25) is 0 Å². The molecule has 4 N–H and O–H groups in total. The van der Waals surface area contributed by atoms with Crippen LogP contribution in [0.4, 0.5) is 17.1 Å². The van der Waals surface area contributed by atoms with Gasteiger partial charge in [-0.05, 0) is 55.0 Å². The van der Waals surface area contributed by atoms with E-state index in [1.165, 1.54) is 12.1 Å². The number of anilines is 1. The van der Waals surface area contributed by atoms with Crippen molar-refractivity contribution in [2.75, 3.05) is 5.73 Å². The Balaban J connectivity index is 2.52. The Morgan fingerprint density at radius 2 is 1.65 bits per heavy atom. The minimum atomic E-state index is -4.38. The molecule has 0 unspecified atom stereocenters. The maximum atomic E-state index is 11.7. The van der Waals surface area contributed by atoms with Crippen LogP contribution in [0.2, 0.25) is 0 Å². The molecule has 2 aromatic carbocycles. The number of nitrogens with two attached hydrogens (primary N) is 1. The number of hydrogen-bond acceptors (Lipinski definition) is 6. The van der Waals surface area contributed by atoms with Crippen molar-refractivity contribution < 1.29 is 18.1 Å². The Hall–Kier alpha value is -2.45. The van der Waals surface area contributed by atoms with Gasteiger partial charge in [0.15, 0.2) is 0 Å². The highest BCUT2D eigenvalue weighted by Gasteiger charge is 2.18. The van der Waals surface area contributed by atoms with Gasteiger partial charge in [0.25, 0.3) is 10.1 Å². The fourth-order valence-corrected chi connectivity index (χ4v) is 3.31. The molecule has 0 spiro atoms. The lowest BCUT2D eigenvalue weighted by atomic mass is 10.0. The normalized spacial score (nSPS) is 12.2. The number of phenols is 1. The van der Waals surface area contributed by atoms with Gasteiger partial charge in [-0.1, -0.05) is 19.9 Å². The Kier molecular flexibility index (Phi) is 5.68. The van der Waals surface area contributed by atoms with Crippen LogP contribution in [0.25, 0.3) is 0 Å². The van der Waals surface area contributed by atoms with Gasteiger partial charge < -0.3 is 10.8 Å². The van der Waals surface area contributed by atoms with Crippen LogP contribution >= 0.6 is 0 Å². The van der Waals surface area contributed by atoms with Crippen LogP contribution < -0.4 is 5.73 Å². The maximum absolute atomic E-state index is 11.7. The zero-order valence-electron chi connectivity index (χ0n) is 15.2. The minimum absolute atomic E-state index is 0.0596. The summed E-state index contributed by atoms with van der Waals surface area (Å²) < 4.78 is 33.0. The molecule has 0 amide bonds. The number of phenolic OH excluding ortho intramolecular Hbond substituents is 1. The highest BCUT2D eigenvalue weighted by Crippen LogP contribution is 2.33. The van der Waals surface area contributed by atoms with E-state index >= 15 is 0 Å². The fraction of sp³-hybridized carbons (Fsp3) is 0.333. The van der Waals surface area contributed by atoms with Gasteiger partial charge in [-0.15, -0.1) is 5.11 Å². The number of rotatable bonds is 5. The second-order valence-electron chi connectivity index (χ2n) is 6.72. The number of nitrogen functional groups attached to an aromatic ring is 1. The molecule has 140 valence electrons. The molecule has 0 aliphatic rings. The van der Waals surface area contributed by atoms with E-state index in [0.717, 1.165) is 5.56 Å². The van der Waals surface area contributed by atoms with Crippen LogP contribution in [-0.2, 0) is 16.5 Å². The van der Waals surface area contributed by atoms with Gasteiger partial charge in [-0.3, -0.25) is 4.55 Å². The molecule has 0 radical (unpaired) electrons. The van der Waals surface area contributed by atoms with Crippen LogP contribution in [0.3, 0.4) is 0 Å². The molecule has 7 nitrogen and oxygen atoms in total. The molecular weight excluding hydrogens is 354 g/mol. The van der Waals surface area contributed by atoms with Crippen molar-refractivity contribution in [1.29, 1.82) is 0 Å². The highest BCUT2D eigenvalue weighted by molar-refractivity contribution is 7.85. The molecule has 2 rings (SSSR count). The number of nitrogens with zero attached hydrogens (tertiary/aromatic N) is 2. The van der Waals surface area contributed by atoms with E-state index in [0.29, 0.717) is 28.9 Å². The first-order valence-electron chi connectivity index (χ1n) is 8.11. The van der Waals surface area contributed by atoms with Gasteiger partial charge in [0.05, 0.1) is 16.3 Å². The fourth-order valence-electron chi connectivity index (χ4n) is 2.58. The van der Waals surface area contributed by atoms with E-state index in [1.807, 2.05) is 13.8 Å². The third-order valence-electron chi connectivity index (χ3n) is 3.90. The zero-order valence-corrected chi connectivity index (χ0v) is 16.0. The number of hydrogen-bond donors (Lipinski definition) is 3. The lowest BCUT2D eigenvalue weighted by Crippen LogP contribution is -2.06. The average Bonchev–Trinajstić information content (AvgIpc) is 2.49. The predicted octanol–water partition coefficient (Wildman–Crippen LogP) is 4.45. The maximum Gasteiger partial charge on any atom is 0.294 e. The summed E-state index contributed by atoms with van der Waals surface area (Å²) in [5, 5.41) is 17.8. The monoisotopic (exact) mass is 377 g/mol. The lowest BCUT2D eigenvalue weighted by molar-refractivity contribution is 0.471. The Morgan fingerprint density at radius 1 is 1.04 bits per heavy atom. The van der Waals surface area contributed by atoms with Crippen molar-refractivity contribution in [3.8, 4) is 5.75 Å². The second-order valence-corrected chi connectivity index (χ2v) is 8.11. The number of azo groups is 1. The third kappa shape index (κ3) is 4.59. The molecule has 26 heavy (non-hydrogen) atoms. The lowest BCUT2D eigenvalue weighted by Gasteiger charge is -2.12. The van der Waals surface area contributed by atoms with E-state index in [2.05, 4.69) is 10.2 Å². The SMILES string of the molecule is Cc1cc(N=Nc2cc(S(=O)(=O)O)c(CC(C)C)cc2C)c(N)cc1O. The molecule has 8 heteroatoms. The molecule has 0 atom stereocenters. The first-order chi connectivity index (χ1) is 12.0. The summed E-state index contributed by atoms with van der Waals surface area (Å²) in [5.74, 6) is 0.284. The second kappa shape index (κ2) is 7.43. The van der Waals surface area contributed by atoms with Gasteiger partial charge >= 0.3 is 0 Å². The van der Waals surface area contributed by atoms with E-state index in [-0.39, 0.29) is 22.3 Å². The van der Waals surface area contributed by atoms with Gasteiger partial charge in [0.1, 0.15) is 11.4 Å². The zero-order chi connectivity index (χ0) is 19.6. The molecule has 0 bridgehead atoms. The summed E-state index contributed by atoms with van der Waals surface area (Å²) in [4.78, 5) is -0.166. The van der Waals surface area contributed by atoms with Crippen molar-refractivity contribution in [2.24, 2.45) is 16.1 Å². The summed E-state index contributed by atoms with van der Waals surface area (Å²) in [6.07, 6.45) is 0.511. The standard InChI is InChI=1S/C18H23N3O4S/c1-10(2)5-13-6-11(3)15(9-18(13)26(23,24)25)20-21-16-7-12(4)17(22)8-14(16)19/h6-10,22H,5,19H2,1-4H3,(H,23,24,25). The summed E-state index contributed by atoms with van der Waals surface area (Å²) >= 11 is 0. The van der Waals surface area contributed by atoms with Crippen molar-refractivity contribution in [3.63, 3.8) is 0 Å². The average molecular weight is 377 g/mol. The van der Waals surface area contributed by atoms with E-state index < -0.39 is 10.1 Å². The van der Waals surface area contributed by atoms with Gasteiger partial charge in [0, 0.05) is 6.07 Å². The smallest absolute Gasteiger partial charge is 0.294 e. The molecule has 0 aromatic heterocycles. The molecule has 0 saturated carbocycles. The van der Waals surface area contributed by atoms with Crippen LogP contribution in [0.15, 0.2) is 39.4 Å². The molecular formula is C18H23N3O4S. The number of benzene rings is 2. The number of aryl methyl sites for hydroxylation is 2. The first kappa shape index (κ1) is 19.9. The molecule has 0 saturated heterocycles. The van der Waals surface area contributed by atoms with Crippen LogP contribution in [0, 0.1) is 19.8 Å². The van der Waals surface area contributed by atoms with E-state index in [4.69, 9.17) is 5.73 Å². The Labute approximate surface area is 153 Å². The van der Waals surface area contributed by atoms with E-state index in [1.54, 1.807) is 26.0 Å². The first-order valence-corrected chi connectivity index (χ1v) is 9.55. The quantitative estimate of drug-likeness (QED) is 0.403.